The van der Waals surface area contributed by atoms with Crippen molar-refractivity contribution in [1.29, 1.82) is 0 Å². The molecule has 1 amide bonds. The van der Waals surface area contributed by atoms with Gasteiger partial charge in [-0.3, -0.25) is 0 Å². The van der Waals surface area contributed by atoms with Gasteiger partial charge in [-0.25, -0.2) is 9.18 Å². The highest BCUT2D eigenvalue weighted by Crippen LogP contribution is 2.30. The number of benzene rings is 1. The van der Waals surface area contributed by atoms with Crippen molar-refractivity contribution in [2.45, 2.75) is 25.6 Å². The van der Waals surface area contributed by atoms with Crippen LogP contribution in [-0.2, 0) is 16.1 Å². The van der Waals surface area contributed by atoms with Gasteiger partial charge in [0.2, 0.25) is 0 Å². The molecule has 1 aliphatic carbocycles. The molecule has 2 rings (SSSR count). The number of carbonyl (C=O) groups is 1. The molecule has 4 nitrogen and oxygen atoms in total. The number of nitrogens with two attached hydrogens (primary N) is 1. The summed E-state index contributed by atoms with van der Waals surface area (Å²) in [6.45, 7) is 1.09. The fraction of sp³-hybridized carbons (Fsp3) is 0.462. The second-order valence-corrected chi connectivity index (χ2v) is 4.54. The number of amides is 1. The molecule has 0 aliphatic heterocycles. The Bertz CT molecular complexity index is 401. The predicted octanol–water partition coefficient (Wildman–Crippen LogP) is 2.22. The summed E-state index contributed by atoms with van der Waals surface area (Å²) < 4.78 is 23.0. The minimum atomic E-state index is -0.717. The summed E-state index contributed by atoms with van der Waals surface area (Å²) in [5.41, 5.74) is 5.86. The van der Waals surface area contributed by atoms with Crippen LogP contribution in [0, 0.1) is 11.7 Å². The summed E-state index contributed by atoms with van der Waals surface area (Å²) in [5, 5.41) is 0. The largest absolute Gasteiger partial charge is 0.446 e. The van der Waals surface area contributed by atoms with Crippen molar-refractivity contribution in [1.82, 2.24) is 0 Å². The average Bonchev–Trinajstić information content (AvgIpc) is 2.27. The van der Waals surface area contributed by atoms with Crippen LogP contribution < -0.4 is 5.73 Å². The zero-order valence-corrected chi connectivity index (χ0v) is 9.97. The first-order valence-electron chi connectivity index (χ1n) is 5.92. The summed E-state index contributed by atoms with van der Waals surface area (Å²) in [5.74, 6) is 0.166. The minimum Gasteiger partial charge on any atom is -0.446 e. The van der Waals surface area contributed by atoms with E-state index in [1.807, 2.05) is 0 Å². The predicted molar refractivity (Wildman–Crippen MR) is 63.2 cm³/mol. The van der Waals surface area contributed by atoms with E-state index < -0.39 is 6.09 Å². The fourth-order valence-electron chi connectivity index (χ4n) is 2.00. The Morgan fingerprint density at radius 2 is 2.00 bits per heavy atom. The van der Waals surface area contributed by atoms with Crippen molar-refractivity contribution in [3.05, 3.63) is 35.6 Å². The maximum Gasteiger partial charge on any atom is 0.404 e. The van der Waals surface area contributed by atoms with Gasteiger partial charge in [0.15, 0.2) is 0 Å². The molecule has 1 fully saturated rings. The van der Waals surface area contributed by atoms with Gasteiger partial charge in [0, 0.05) is 0 Å². The van der Waals surface area contributed by atoms with E-state index in [0.29, 0.717) is 19.1 Å². The molecule has 0 spiro atoms. The van der Waals surface area contributed by atoms with Gasteiger partial charge in [0.25, 0.3) is 0 Å². The van der Waals surface area contributed by atoms with E-state index in [4.69, 9.17) is 15.2 Å². The van der Waals surface area contributed by atoms with Crippen molar-refractivity contribution in [2.75, 3.05) is 6.61 Å². The highest BCUT2D eigenvalue weighted by atomic mass is 19.1. The van der Waals surface area contributed by atoms with Crippen molar-refractivity contribution >= 4 is 6.09 Å². The smallest absolute Gasteiger partial charge is 0.404 e. The number of rotatable bonds is 5. The van der Waals surface area contributed by atoms with Gasteiger partial charge in [0.1, 0.15) is 11.9 Å². The Labute approximate surface area is 105 Å². The van der Waals surface area contributed by atoms with Crippen LogP contribution in [-0.4, -0.2) is 18.8 Å². The van der Waals surface area contributed by atoms with Crippen LogP contribution in [0.2, 0.25) is 0 Å². The molecule has 1 aromatic rings. The first kappa shape index (κ1) is 12.8. The molecule has 1 aliphatic rings. The molecule has 0 heterocycles. The van der Waals surface area contributed by atoms with E-state index in [0.717, 1.165) is 18.4 Å². The Kier molecular flexibility index (Phi) is 4.15. The van der Waals surface area contributed by atoms with Crippen molar-refractivity contribution < 1.29 is 18.7 Å². The van der Waals surface area contributed by atoms with Crippen LogP contribution in [0.5, 0.6) is 0 Å². The van der Waals surface area contributed by atoms with Crippen LogP contribution in [0.25, 0.3) is 0 Å². The highest BCUT2D eigenvalue weighted by Gasteiger charge is 2.31. The van der Waals surface area contributed by atoms with Crippen LogP contribution in [0.3, 0.4) is 0 Å². The molecule has 2 N–H and O–H groups in total. The molecule has 1 saturated carbocycles. The van der Waals surface area contributed by atoms with Gasteiger partial charge in [0.05, 0.1) is 13.2 Å². The molecule has 0 aromatic heterocycles. The first-order valence-corrected chi connectivity index (χ1v) is 5.92. The van der Waals surface area contributed by atoms with Gasteiger partial charge < -0.3 is 15.2 Å². The molecule has 0 unspecified atom stereocenters. The van der Waals surface area contributed by atoms with Crippen molar-refractivity contribution in [3.8, 4) is 0 Å². The normalized spacial score (nSPS) is 22.3. The third-order valence-corrected chi connectivity index (χ3v) is 3.01. The third kappa shape index (κ3) is 3.70. The van der Waals surface area contributed by atoms with Gasteiger partial charge in [-0.2, -0.15) is 0 Å². The molecule has 18 heavy (non-hydrogen) atoms. The SMILES string of the molecule is NC(=O)OC1CC(COCc2ccc(F)cc2)C1. The van der Waals surface area contributed by atoms with Crippen LogP contribution in [0.15, 0.2) is 24.3 Å². The lowest BCUT2D eigenvalue weighted by atomic mass is 9.83. The molecule has 0 bridgehead atoms. The molecular weight excluding hydrogens is 237 g/mol. The summed E-state index contributed by atoms with van der Waals surface area (Å²) in [4.78, 5) is 10.5. The molecule has 0 radical (unpaired) electrons. The van der Waals surface area contributed by atoms with E-state index in [1.165, 1.54) is 12.1 Å². The third-order valence-electron chi connectivity index (χ3n) is 3.01. The van der Waals surface area contributed by atoms with Gasteiger partial charge >= 0.3 is 6.09 Å². The number of ether oxygens (including phenoxy) is 2. The zero-order valence-electron chi connectivity index (χ0n) is 9.97. The van der Waals surface area contributed by atoms with Crippen molar-refractivity contribution in [2.24, 2.45) is 11.7 Å². The van der Waals surface area contributed by atoms with E-state index >= 15 is 0 Å². The Balaban J connectivity index is 1.60. The lowest BCUT2D eigenvalue weighted by molar-refractivity contribution is -0.0218. The Hall–Kier alpha value is -1.62. The zero-order chi connectivity index (χ0) is 13.0. The molecule has 1 aromatic carbocycles. The van der Waals surface area contributed by atoms with Gasteiger partial charge in [-0.1, -0.05) is 12.1 Å². The van der Waals surface area contributed by atoms with Crippen molar-refractivity contribution in [3.63, 3.8) is 0 Å². The van der Waals surface area contributed by atoms with E-state index in [-0.39, 0.29) is 11.9 Å². The standard InChI is InChI=1S/C13H16FNO3/c14-11-3-1-9(2-4-11)7-17-8-10-5-12(6-10)18-13(15)16/h1-4,10,12H,5-8H2,(H2,15,16). The number of hydrogen-bond acceptors (Lipinski definition) is 3. The van der Waals surface area contributed by atoms with E-state index in [9.17, 15) is 9.18 Å². The van der Waals surface area contributed by atoms with Crippen LogP contribution in [0.4, 0.5) is 9.18 Å². The molecule has 98 valence electrons. The topological polar surface area (TPSA) is 61.6 Å². The minimum absolute atomic E-state index is 0.0538. The molecule has 5 heteroatoms. The fourth-order valence-corrected chi connectivity index (χ4v) is 2.00. The first-order chi connectivity index (χ1) is 8.63. The quantitative estimate of drug-likeness (QED) is 0.875. The molecular formula is C13H16FNO3. The highest BCUT2D eigenvalue weighted by molar-refractivity contribution is 5.64. The average molecular weight is 253 g/mol. The van der Waals surface area contributed by atoms with Crippen LogP contribution >= 0.6 is 0 Å². The number of halogens is 1. The lowest BCUT2D eigenvalue weighted by Crippen LogP contribution is -2.37. The summed E-state index contributed by atoms with van der Waals surface area (Å²) in [7, 11) is 0. The summed E-state index contributed by atoms with van der Waals surface area (Å²) in [6.07, 6.45) is 0.825. The molecule has 0 atom stereocenters. The van der Waals surface area contributed by atoms with Gasteiger partial charge in [-0.05, 0) is 36.5 Å². The molecule has 0 saturated heterocycles. The van der Waals surface area contributed by atoms with E-state index in [1.54, 1.807) is 12.1 Å². The Morgan fingerprint density at radius 1 is 1.33 bits per heavy atom. The summed E-state index contributed by atoms with van der Waals surface area (Å²) >= 11 is 0. The maximum atomic E-state index is 12.7. The van der Waals surface area contributed by atoms with Gasteiger partial charge in [-0.15, -0.1) is 0 Å². The number of primary amides is 1. The lowest BCUT2D eigenvalue weighted by Gasteiger charge is -2.33. The number of hydrogen-bond donors (Lipinski definition) is 1. The Morgan fingerprint density at radius 3 is 2.61 bits per heavy atom. The second kappa shape index (κ2) is 5.82. The monoisotopic (exact) mass is 253 g/mol. The maximum absolute atomic E-state index is 12.7. The van der Waals surface area contributed by atoms with Crippen LogP contribution in [0.1, 0.15) is 18.4 Å². The van der Waals surface area contributed by atoms with E-state index in [2.05, 4.69) is 0 Å². The second-order valence-electron chi connectivity index (χ2n) is 4.54. The summed E-state index contributed by atoms with van der Waals surface area (Å²) in [6, 6.07) is 6.24. The number of carbonyl (C=O) groups excluding carboxylic acids is 1.